The van der Waals surface area contributed by atoms with E-state index in [-0.39, 0.29) is 5.91 Å². The average Bonchev–Trinajstić information content (AvgIpc) is 3.10. The second kappa shape index (κ2) is 7.63. The second-order valence-corrected chi connectivity index (χ2v) is 7.17. The van der Waals surface area contributed by atoms with E-state index in [1.165, 1.54) is 5.69 Å². The zero-order valence-corrected chi connectivity index (χ0v) is 15.5. The predicted molar refractivity (Wildman–Crippen MR) is 100 cm³/mol. The molecule has 2 aromatic heterocycles. The molecule has 138 valence electrons. The first-order valence-corrected chi connectivity index (χ1v) is 9.47. The van der Waals surface area contributed by atoms with Crippen LogP contribution >= 0.6 is 11.6 Å². The molecule has 8 heteroatoms. The molecule has 1 saturated heterocycles. The maximum atomic E-state index is 12.5. The van der Waals surface area contributed by atoms with Crippen LogP contribution < -0.4 is 10.2 Å². The lowest BCUT2D eigenvalue weighted by Crippen LogP contribution is -2.49. The van der Waals surface area contributed by atoms with E-state index in [1.807, 2.05) is 21.7 Å². The molecule has 4 heterocycles. The van der Waals surface area contributed by atoms with Crippen LogP contribution in [0, 0.1) is 0 Å². The number of pyridine rings is 1. The molecular formula is C18H23ClN6O. The van der Waals surface area contributed by atoms with Crippen LogP contribution in [0.25, 0.3) is 0 Å². The Hall–Kier alpha value is -2.12. The van der Waals surface area contributed by atoms with Gasteiger partial charge >= 0.3 is 0 Å². The molecule has 0 unspecified atom stereocenters. The molecule has 0 radical (unpaired) electrons. The molecule has 0 atom stereocenters. The largest absolute Gasteiger partial charge is 0.353 e. The van der Waals surface area contributed by atoms with Gasteiger partial charge in [0.05, 0.1) is 23.0 Å². The molecule has 0 bridgehead atoms. The number of rotatable bonds is 4. The Bertz CT molecular complexity index is 743. The van der Waals surface area contributed by atoms with E-state index in [0.29, 0.717) is 17.9 Å². The van der Waals surface area contributed by atoms with Crippen LogP contribution in [0.4, 0.5) is 5.82 Å². The summed E-state index contributed by atoms with van der Waals surface area (Å²) in [6.07, 6.45) is 2.88. The zero-order valence-electron chi connectivity index (χ0n) is 14.7. The summed E-state index contributed by atoms with van der Waals surface area (Å²) in [5.41, 5.74) is 2.23. The molecule has 7 nitrogen and oxygen atoms in total. The quantitative estimate of drug-likeness (QED) is 0.874. The zero-order chi connectivity index (χ0) is 17.9. The number of carbonyl (C=O) groups is 1. The van der Waals surface area contributed by atoms with E-state index in [2.05, 4.69) is 26.4 Å². The molecule has 0 spiro atoms. The monoisotopic (exact) mass is 374 g/mol. The number of hydrogen-bond donors (Lipinski definition) is 1. The standard InChI is InChI=1S/C18H23ClN6O/c19-14-1-3-17(21-12-14)23-7-9-24(10-8-23)18(26)4-2-15-11-16-13-20-5-6-25(16)22-15/h1,3,11-12,20H,2,4-10,13H2. The van der Waals surface area contributed by atoms with Gasteiger partial charge in [0.1, 0.15) is 5.82 Å². The molecule has 0 aromatic carbocycles. The minimum absolute atomic E-state index is 0.206. The number of fused-ring (bicyclic) bond motifs is 1. The fourth-order valence-electron chi connectivity index (χ4n) is 3.51. The van der Waals surface area contributed by atoms with Crippen LogP contribution in [0.2, 0.25) is 5.02 Å². The average molecular weight is 375 g/mol. The number of nitrogens with zero attached hydrogens (tertiary/aromatic N) is 5. The van der Waals surface area contributed by atoms with Crippen molar-refractivity contribution in [3.8, 4) is 0 Å². The number of nitrogens with one attached hydrogen (secondary N) is 1. The molecular weight excluding hydrogens is 352 g/mol. The van der Waals surface area contributed by atoms with Crippen LogP contribution in [-0.4, -0.2) is 58.3 Å². The fraction of sp³-hybridized carbons (Fsp3) is 0.500. The van der Waals surface area contributed by atoms with E-state index >= 15 is 0 Å². The van der Waals surface area contributed by atoms with Crippen LogP contribution in [0.5, 0.6) is 0 Å². The highest BCUT2D eigenvalue weighted by atomic mass is 35.5. The van der Waals surface area contributed by atoms with Crippen LogP contribution in [-0.2, 0) is 24.3 Å². The molecule has 4 rings (SSSR count). The van der Waals surface area contributed by atoms with Crippen LogP contribution in [0.3, 0.4) is 0 Å². The Labute approximate surface area is 157 Å². The van der Waals surface area contributed by atoms with Crippen molar-refractivity contribution >= 4 is 23.3 Å². The molecule has 1 fully saturated rings. The molecule has 2 aromatic rings. The normalized spacial score (nSPS) is 17.3. The number of piperazine rings is 1. The summed E-state index contributed by atoms with van der Waals surface area (Å²) in [6.45, 7) is 5.78. The van der Waals surface area contributed by atoms with Gasteiger partial charge in [-0.2, -0.15) is 5.10 Å². The number of aryl methyl sites for hydroxylation is 1. The van der Waals surface area contributed by atoms with Crippen molar-refractivity contribution in [2.45, 2.75) is 25.9 Å². The predicted octanol–water partition coefficient (Wildman–Crippen LogP) is 1.32. The molecule has 0 aliphatic carbocycles. The van der Waals surface area contributed by atoms with Gasteiger partial charge in [-0.05, 0) is 18.2 Å². The van der Waals surface area contributed by atoms with Gasteiger partial charge in [-0.3, -0.25) is 9.48 Å². The van der Waals surface area contributed by atoms with Crippen molar-refractivity contribution in [3.63, 3.8) is 0 Å². The van der Waals surface area contributed by atoms with Gasteiger partial charge in [-0.1, -0.05) is 11.6 Å². The Morgan fingerprint density at radius 3 is 2.77 bits per heavy atom. The van der Waals surface area contributed by atoms with Crippen molar-refractivity contribution in [2.75, 3.05) is 37.6 Å². The molecule has 0 saturated carbocycles. The molecule has 1 N–H and O–H groups in total. The van der Waals surface area contributed by atoms with Crippen LogP contribution in [0.1, 0.15) is 17.8 Å². The number of hydrogen-bond acceptors (Lipinski definition) is 5. The highest BCUT2D eigenvalue weighted by molar-refractivity contribution is 6.30. The molecule has 2 aliphatic rings. The highest BCUT2D eigenvalue weighted by Crippen LogP contribution is 2.17. The van der Waals surface area contributed by atoms with Gasteiger partial charge in [0.15, 0.2) is 0 Å². The lowest BCUT2D eigenvalue weighted by atomic mass is 10.2. The highest BCUT2D eigenvalue weighted by Gasteiger charge is 2.22. The fourth-order valence-corrected chi connectivity index (χ4v) is 3.62. The molecule has 26 heavy (non-hydrogen) atoms. The lowest BCUT2D eigenvalue weighted by molar-refractivity contribution is -0.131. The maximum Gasteiger partial charge on any atom is 0.223 e. The Morgan fingerprint density at radius 1 is 1.19 bits per heavy atom. The van der Waals surface area contributed by atoms with Crippen molar-refractivity contribution in [1.29, 1.82) is 0 Å². The Morgan fingerprint density at radius 2 is 2.04 bits per heavy atom. The number of aromatic nitrogens is 3. The third kappa shape index (κ3) is 3.83. The molecule has 1 amide bonds. The van der Waals surface area contributed by atoms with Crippen molar-refractivity contribution < 1.29 is 4.79 Å². The summed E-state index contributed by atoms with van der Waals surface area (Å²) >= 11 is 5.89. The van der Waals surface area contributed by atoms with Crippen LogP contribution in [0.15, 0.2) is 24.4 Å². The summed E-state index contributed by atoms with van der Waals surface area (Å²) < 4.78 is 2.05. The van der Waals surface area contributed by atoms with Gasteiger partial charge in [0.2, 0.25) is 5.91 Å². The number of anilines is 1. The van der Waals surface area contributed by atoms with Gasteiger partial charge in [-0.15, -0.1) is 0 Å². The van der Waals surface area contributed by atoms with E-state index in [1.54, 1.807) is 6.20 Å². The lowest BCUT2D eigenvalue weighted by Gasteiger charge is -2.35. The Kier molecular flexibility index (Phi) is 5.08. The van der Waals surface area contributed by atoms with Crippen molar-refractivity contribution in [2.24, 2.45) is 0 Å². The van der Waals surface area contributed by atoms with Crippen molar-refractivity contribution in [1.82, 2.24) is 25.0 Å². The SMILES string of the molecule is O=C(CCc1cc2n(n1)CCNC2)N1CCN(c2ccc(Cl)cn2)CC1. The number of amides is 1. The number of carbonyl (C=O) groups excluding carboxylic acids is 1. The minimum atomic E-state index is 0.206. The third-order valence-electron chi connectivity index (χ3n) is 4.98. The van der Waals surface area contributed by atoms with Gasteiger partial charge in [-0.25, -0.2) is 4.98 Å². The third-order valence-corrected chi connectivity index (χ3v) is 5.21. The van der Waals surface area contributed by atoms with E-state index in [0.717, 1.165) is 57.3 Å². The smallest absolute Gasteiger partial charge is 0.223 e. The maximum absolute atomic E-state index is 12.5. The summed E-state index contributed by atoms with van der Waals surface area (Å²) in [5.74, 6) is 1.12. The first-order chi connectivity index (χ1) is 12.7. The Balaban J connectivity index is 1.27. The van der Waals surface area contributed by atoms with Crippen molar-refractivity contribution in [3.05, 3.63) is 40.8 Å². The minimum Gasteiger partial charge on any atom is -0.353 e. The first kappa shape index (κ1) is 17.3. The second-order valence-electron chi connectivity index (χ2n) is 6.73. The van der Waals surface area contributed by atoms with E-state index in [4.69, 9.17) is 11.6 Å². The summed E-state index contributed by atoms with van der Waals surface area (Å²) in [4.78, 5) is 21.0. The molecule has 2 aliphatic heterocycles. The first-order valence-electron chi connectivity index (χ1n) is 9.09. The summed E-state index contributed by atoms with van der Waals surface area (Å²) in [7, 11) is 0. The summed E-state index contributed by atoms with van der Waals surface area (Å²) in [5, 5.41) is 8.58. The van der Waals surface area contributed by atoms with Gasteiger partial charge in [0, 0.05) is 58.3 Å². The van der Waals surface area contributed by atoms with Gasteiger partial charge < -0.3 is 15.1 Å². The summed E-state index contributed by atoms with van der Waals surface area (Å²) in [6, 6.07) is 5.89. The number of halogens is 1. The van der Waals surface area contributed by atoms with E-state index < -0.39 is 0 Å². The topological polar surface area (TPSA) is 66.3 Å². The van der Waals surface area contributed by atoms with E-state index in [9.17, 15) is 4.79 Å². The van der Waals surface area contributed by atoms with Gasteiger partial charge in [0.25, 0.3) is 0 Å².